The molecule has 3 aromatic rings. The number of hydrogen-bond donors (Lipinski definition) is 0. The molecule has 0 aliphatic rings. The van der Waals surface area contributed by atoms with Crippen molar-refractivity contribution in [1.82, 2.24) is 4.90 Å². The summed E-state index contributed by atoms with van der Waals surface area (Å²) in [7, 11) is 1.59. The Morgan fingerprint density at radius 1 is 0.773 bits per heavy atom. The van der Waals surface area contributed by atoms with Gasteiger partial charge in [-0.3, -0.25) is 4.79 Å². The fourth-order valence-corrected chi connectivity index (χ4v) is 5.76. The first-order chi connectivity index (χ1) is 21.1. The van der Waals surface area contributed by atoms with Crippen molar-refractivity contribution in [3.8, 4) is 11.5 Å². The van der Waals surface area contributed by atoms with Gasteiger partial charge in [0.1, 0.15) is 24.6 Å². The molecule has 3 rings (SSSR count). The predicted octanol–water partition coefficient (Wildman–Crippen LogP) is 6.58. The number of methoxy groups -OCH3 is 1. The van der Waals surface area contributed by atoms with Crippen LogP contribution in [0.4, 0.5) is 0 Å². The van der Waals surface area contributed by atoms with E-state index in [1.165, 1.54) is 64.2 Å². The first-order valence-electron chi connectivity index (χ1n) is 16.4. The number of aryl methyl sites for hydroxylation is 1. The van der Waals surface area contributed by atoms with Crippen LogP contribution in [0, 0.1) is 0 Å². The summed E-state index contributed by atoms with van der Waals surface area (Å²) in [5.41, 5.74) is 2.48. The number of carbonyl (C=O) groups excluding carboxylic acids is 1. The van der Waals surface area contributed by atoms with Crippen LogP contribution in [0.25, 0.3) is 0 Å². The molecule has 0 aliphatic carbocycles. The molecule has 0 spiro atoms. The summed E-state index contributed by atoms with van der Waals surface area (Å²) in [5, 5.41) is 0.574. The standard InChI is InChI=1S/C37H52ClN2O3.HI/c1-4-6-7-8-9-10-11-12-13-14-15-20-28-43-36-31(22-21-25-34(36)38)29-40(30-32-23-18-19-27-39(32)5-2)37(41)33-24-16-17-26-35(33)42-3;/h16-19,21-27H,4-15,20,28-30H2,1-3H3;1H/q+1;/p-1. The van der Waals surface area contributed by atoms with Crippen LogP contribution in [0.1, 0.15) is 113 Å². The van der Waals surface area contributed by atoms with Gasteiger partial charge in [0.25, 0.3) is 5.91 Å². The molecule has 2 aromatic carbocycles. The average Bonchev–Trinajstić information content (AvgIpc) is 3.03. The lowest BCUT2D eigenvalue weighted by molar-refractivity contribution is -0.701. The molecule has 0 unspecified atom stereocenters. The summed E-state index contributed by atoms with van der Waals surface area (Å²) in [6.07, 6.45) is 17.7. The molecule has 1 aromatic heterocycles. The molecule has 0 saturated carbocycles. The smallest absolute Gasteiger partial charge is 0.258 e. The maximum absolute atomic E-state index is 14.0. The molecule has 242 valence electrons. The lowest BCUT2D eigenvalue weighted by Crippen LogP contribution is -3.00. The monoisotopic (exact) mass is 734 g/mol. The maximum Gasteiger partial charge on any atom is 0.258 e. The number of ether oxygens (including phenoxy) is 2. The summed E-state index contributed by atoms with van der Waals surface area (Å²) in [5.74, 6) is 1.13. The van der Waals surface area contributed by atoms with Crippen molar-refractivity contribution >= 4 is 17.5 Å². The Labute approximate surface area is 288 Å². The Kier molecular flexibility index (Phi) is 19.1. The third-order valence-electron chi connectivity index (χ3n) is 8.01. The minimum absolute atomic E-state index is 0. The highest BCUT2D eigenvalue weighted by molar-refractivity contribution is 6.32. The zero-order valence-corrected chi connectivity index (χ0v) is 30.0. The first-order valence-corrected chi connectivity index (χ1v) is 16.8. The maximum atomic E-state index is 14.0. The SMILES string of the molecule is CCCCCCCCCCCCCCOc1c(Cl)cccc1CN(Cc1cccc[n+]1CC)C(=O)c1ccccc1OC.[I-]. The average molecular weight is 735 g/mol. The highest BCUT2D eigenvalue weighted by Gasteiger charge is 2.24. The Morgan fingerprint density at radius 3 is 2.07 bits per heavy atom. The molecule has 1 heterocycles. The normalized spacial score (nSPS) is 10.7. The second kappa shape index (κ2) is 22.2. The van der Waals surface area contributed by atoms with E-state index in [-0.39, 0.29) is 29.9 Å². The lowest BCUT2D eigenvalue weighted by atomic mass is 10.1. The van der Waals surface area contributed by atoms with Crippen LogP contribution in [0.3, 0.4) is 0 Å². The molecular weight excluding hydrogens is 683 g/mol. The molecule has 0 bridgehead atoms. The van der Waals surface area contributed by atoms with Gasteiger partial charge in [-0.15, -0.1) is 0 Å². The van der Waals surface area contributed by atoms with E-state index in [1.807, 2.05) is 65.7 Å². The van der Waals surface area contributed by atoms with E-state index < -0.39 is 0 Å². The van der Waals surface area contributed by atoms with Crippen molar-refractivity contribution in [2.24, 2.45) is 0 Å². The fraction of sp³-hybridized carbons (Fsp3) is 0.514. The number of halogens is 2. The number of aromatic nitrogens is 1. The van der Waals surface area contributed by atoms with Gasteiger partial charge < -0.3 is 38.4 Å². The number of carbonyl (C=O) groups is 1. The van der Waals surface area contributed by atoms with Gasteiger partial charge in [-0.1, -0.05) is 119 Å². The van der Waals surface area contributed by atoms with E-state index in [0.29, 0.717) is 41.8 Å². The Morgan fingerprint density at radius 2 is 1.41 bits per heavy atom. The van der Waals surface area contributed by atoms with Crippen molar-refractivity contribution in [3.63, 3.8) is 0 Å². The number of unbranched alkanes of at least 4 members (excludes halogenated alkanes) is 11. The number of rotatable bonds is 21. The molecule has 0 radical (unpaired) electrons. The molecule has 1 amide bonds. The van der Waals surface area contributed by atoms with Gasteiger partial charge in [0, 0.05) is 17.7 Å². The van der Waals surface area contributed by atoms with Crippen LogP contribution in [-0.2, 0) is 19.6 Å². The lowest BCUT2D eigenvalue weighted by Gasteiger charge is -2.24. The predicted molar refractivity (Wildman–Crippen MR) is 177 cm³/mol. The number of hydrogen-bond acceptors (Lipinski definition) is 3. The summed E-state index contributed by atoms with van der Waals surface area (Å²) in [6.45, 7) is 6.61. The Hall–Kier alpha value is -2.32. The van der Waals surface area contributed by atoms with Gasteiger partial charge in [0.05, 0.1) is 30.8 Å². The zero-order valence-electron chi connectivity index (χ0n) is 27.0. The molecule has 0 atom stereocenters. The Bertz CT molecular complexity index is 1240. The summed E-state index contributed by atoms with van der Waals surface area (Å²) < 4.78 is 14.0. The van der Waals surface area contributed by atoms with Gasteiger partial charge in [-0.25, -0.2) is 4.57 Å². The minimum Gasteiger partial charge on any atom is -1.00 e. The van der Waals surface area contributed by atoms with Crippen molar-refractivity contribution in [3.05, 3.63) is 88.7 Å². The number of pyridine rings is 1. The van der Waals surface area contributed by atoms with Crippen LogP contribution in [-0.4, -0.2) is 24.5 Å². The molecule has 5 nitrogen and oxygen atoms in total. The molecule has 0 saturated heterocycles. The fourth-order valence-electron chi connectivity index (χ4n) is 5.51. The molecular formula is C37H52ClIN2O3. The van der Waals surface area contributed by atoms with Crippen molar-refractivity contribution < 1.29 is 42.8 Å². The van der Waals surface area contributed by atoms with E-state index in [4.69, 9.17) is 21.1 Å². The summed E-state index contributed by atoms with van der Waals surface area (Å²) in [6, 6.07) is 19.3. The van der Waals surface area contributed by atoms with Crippen molar-refractivity contribution in [2.75, 3.05) is 13.7 Å². The second-order valence-electron chi connectivity index (χ2n) is 11.3. The van der Waals surface area contributed by atoms with Gasteiger partial charge >= 0.3 is 0 Å². The van der Waals surface area contributed by atoms with E-state index >= 15 is 0 Å². The number of amides is 1. The molecule has 0 aliphatic heterocycles. The summed E-state index contributed by atoms with van der Waals surface area (Å²) in [4.78, 5) is 15.8. The third-order valence-corrected chi connectivity index (χ3v) is 8.30. The molecule has 7 heteroatoms. The van der Waals surface area contributed by atoms with E-state index in [2.05, 4.69) is 24.5 Å². The van der Waals surface area contributed by atoms with Crippen LogP contribution in [0.5, 0.6) is 11.5 Å². The van der Waals surface area contributed by atoms with Crippen LogP contribution in [0.15, 0.2) is 66.9 Å². The molecule has 0 N–H and O–H groups in total. The largest absolute Gasteiger partial charge is 1.00 e. The van der Waals surface area contributed by atoms with Crippen molar-refractivity contribution in [1.29, 1.82) is 0 Å². The Balaban J connectivity index is 0.00000675. The van der Waals surface area contributed by atoms with Crippen LogP contribution in [0.2, 0.25) is 5.02 Å². The van der Waals surface area contributed by atoms with Gasteiger partial charge in [-0.2, -0.15) is 0 Å². The van der Waals surface area contributed by atoms with E-state index in [9.17, 15) is 4.79 Å². The van der Waals surface area contributed by atoms with Crippen LogP contribution < -0.4 is 38.0 Å². The number of benzene rings is 2. The van der Waals surface area contributed by atoms with Crippen LogP contribution >= 0.6 is 11.6 Å². The van der Waals surface area contributed by atoms with E-state index in [0.717, 1.165) is 30.6 Å². The number of nitrogens with zero attached hydrogens (tertiary/aromatic N) is 2. The highest BCUT2D eigenvalue weighted by Crippen LogP contribution is 2.31. The van der Waals surface area contributed by atoms with Gasteiger partial charge in [0.15, 0.2) is 6.20 Å². The minimum atomic E-state index is -0.101. The quantitative estimate of drug-likeness (QED) is 0.0706. The first kappa shape index (κ1) is 37.9. The van der Waals surface area contributed by atoms with E-state index in [1.54, 1.807) is 7.11 Å². The number of para-hydroxylation sites is 2. The van der Waals surface area contributed by atoms with Gasteiger partial charge in [-0.05, 0) is 31.5 Å². The molecule has 44 heavy (non-hydrogen) atoms. The highest BCUT2D eigenvalue weighted by atomic mass is 127. The van der Waals surface area contributed by atoms with Crippen molar-refractivity contribution in [2.45, 2.75) is 111 Å². The third kappa shape index (κ3) is 12.6. The zero-order chi connectivity index (χ0) is 30.7. The topological polar surface area (TPSA) is 42.7 Å². The van der Waals surface area contributed by atoms with Gasteiger partial charge in [0.2, 0.25) is 5.69 Å². The summed E-state index contributed by atoms with van der Waals surface area (Å²) >= 11 is 6.66. The molecule has 0 fully saturated rings. The second-order valence-corrected chi connectivity index (χ2v) is 11.7.